The van der Waals surface area contributed by atoms with Gasteiger partial charge in [0.15, 0.2) is 5.43 Å². The van der Waals surface area contributed by atoms with E-state index in [-0.39, 0.29) is 22.8 Å². The molecule has 1 aromatic heterocycles. The molecule has 1 atom stereocenters. The van der Waals surface area contributed by atoms with Crippen molar-refractivity contribution in [2.45, 2.75) is 19.9 Å². The van der Waals surface area contributed by atoms with Crippen molar-refractivity contribution in [3.05, 3.63) is 74.6 Å². The average Bonchev–Trinajstić information content (AvgIpc) is 2.83. The number of amides is 1. The zero-order valence-corrected chi connectivity index (χ0v) is 14.2. The number of benzene rings is 2. The highest BCUT2D eigenvalue weighted by molar-refractivity contribution is 5.99. The van der Waals surface area contributed by atoms with E-state index in [0.29, 0.717) is 16.5 Å². The van der Waals surface area contributed by atoms with Crippen LogP contribution in [0.3, 0.4) is 0 Å². The van der Waals surface area contributed by atoms with Gasteiger partial charge in [0.05, 0.1) is 17.0 Å². The number of aryl methyl sites for hydroxylation is 2. The van der Waals surface area contributed by atoms with E-state index < -0.39 is 6.04 Å². The quantitative estimate of drug-likeness (QED) is 0.741. The number of phenols is 1. The Hall–Kier alpha value is -3.08. The van der Waals surface area contributed by atoms with Crippen LogP contribution in [0.15, 0.2) is 45.6 Å². The summed E-state index contributed by atoms with van der Waals surface area (Å²) in [6.45, 7) is 3.88. The summed E-state index contributed by atoms with van der Waals surface area (Å²) in [7, 11) is 1.65. The van der Waals surface area contributed by atoms with Crippen LogP contribution >= 0.6 is 0 Å². The first-order valence-electron chi connectivity index (χ1n) is 8.02. The van der Waals surface area contributed by atoms with Crippen molar-refractivity contribution in [2.75, 3.05) is 7.05 Å². The van der Waals surface area contributed by atoms with Crippen molar-refractivity contribution < 1.29 is 14.3 Å². The van der Waals surface area contributed by atoms with Crippen LogP contribution in [0.1, 0.15) is 38.9 Å². The van der Waals surface area contributed by atoms with Gasteiger partial charge in [-0.25, -0.2) is 0 Å². The molecule has 0 saturated carbocycles. The summed E-state index contributed by atoms with van der Waals surface area (Å²) < 4.78 is 5.84. The Morgan fingerprint density at radius 2 is 1.68 bits per heavy atom. The summed E-state index contributed by atoms with van der Waals surface area (Å²) in [4.78, 5) is 27.3. The Balaban J connectivity index is 2.03. The minimum atomic E-state index is -0.523. The van der Waals surface area contributed by atoms with Crippen LogP contribution in [0, 0.1) is 13.8 Å². The second-order valence-electron chi connectivity index (χ2n) is 6.52. The molecular weight excluding hydrogens is 318 g/mol. The normalized spacial score (nSPS) is 16.5. The number of hydrogen-bond donors (Lipinski definition) is 1. The molecule has 25 heavy (non-hydrogen) atoms. The first kappa shape index (κ1) is 15.4. The molecule has 1 aliphatic heterocycles. The second-order valence-corrected chi connectivity index (χ2v) is 6.52. The lowest BCUT2D eigenvalue weighted by Gasteiger charge is -2.20. The van der Waals surface area contributed by atoms with E-state index in [0.717, 1.165) is 16.7 Å². The molecule has 3 aromatic rings. The van der Waals surface area contributed by atoms with E-state index in [1.54, 1.807) is 37.4 Å². The van der Waals surface area contributed by atoms with Gasteiger partial charge in [-0.3, -0.25) is 9.59 Å². The third-order valence-electron chi connectivity index (χ3n) is 4.93. The van der Waals surface area contributed by atoms with Crippen molar-refractivity contribution >= 4 is 16.9 Å². The number of rotatable bonds is 1. The van der Waals surface area contributed by atoms with Crippen LogP contribution < -0.4 is 5.43 Å². The minimum Gasteiger partial charge on any atom is -0.508 e. The molecule has 0 aliphatic carbocycles. The van der Waals surface area contributed by atoms with E-state index in [9.17, 15) is 14.7 Å². The zero-order chi connectivity index (χ0) is 17.9. The maximum absolute atomic E-state index is 13.1. The summed E-state index contributed by atoms with van der Waals surface area (Å²) in [5.74, 6) is -0.0840. The third-order valence-corrected chi connectivity index (χ3v) is 4.93. The molecule has 4 rings (SSSR count). The van der Waals surface area contributed by atoms with Crippen LogP contribution in [-0.2, 0) is 0 Å². The molecule has 5 heteroatoms. The van der Waals surface area contributed by atoms with Crippen LogP contribution in [0.5, 0.6) is 5.75 Å². The summed E-state index contributed by atoms with van der Waals surface area (Å²) in [5, 5.41) is 9.98. The van der Waals surface area contributed by atoms with Crippen LogP contribution in [0.2, 0.25) is 0 Å². The van der Waals surface area contributed by atoms with Gasteiger partial charge in [0, 0.05) is 7.05 Å². The van der Waals surface area contributed by atoms with Crippen LogP contribution in [0.25, 0.3) is 11.0 Å². The lowest BCUT2D eigenvalue weighted by atomic mass is 9.97. The van der Waals surface area contributed by atoms with Gasteiger partial charge in [0.1, 0.15) is 11.3 Å². The monoisotopic (exact) mass is 335 g/mol. The van der Waals surface area contributed by atoms with Crippen molar-refractivity contribution in [1.82, 2.24) is 4.90 Å². The summed E-state index contributed by atoms with van der Waals surface area (Å²) in [5.41, 5.74) is 3.36. The number of nitrogens with zero attached hydrogens (tertiary/aromatic N) is 1. The molecule has 0 bridgehead atoms. The highest BCUT2D eigenvalue weighted by Crippen LogP contribution is 2.37. The first-order valence-corrected chi connectivity index (χ1v) is 8.02. The summed E-state index contributed by atoms with van der Waals surface area (Å²) in [6, 6.07) is 9.60. The van der Waals surface area contributed by atoms with Gasteiger partial charge < -0.3 is 14.4 Å². The molecule has 5 nitrogen and oxygen atoms in total. The Labute approximate surface area is 144 Å². The van der Waals surface area contributed by atoms with Gasteiger partial charge in [0.25, 0.3) is 5.91 Å². The summed E-state index contributed by atoms with van der Waals surface area (Å²) in [6.07, 6.45) is 0. The maximum atomic E-state index is 13.1. The first-order chi connectivity index (χ1) is 11.9. The summed E-state index contributed by atoms with van der Waals surface area (Å²) >= 11 is 0. The Bertz CT molecular complexity index is 1080. The van der Waals surface area contributed by atoms with Gasteiger partial charge in [-0.2, -0.15) is 0 Å². The number of carbonyl (C=O) groups is 1. The smallest absolute Gasteiger partial charge is 0.290 e. The topological polar surface area (TPSA) is 70.8 Å². The molecule has 0 radical (unpaired) electrons. The van der Waals surface area contributed by atoms with E-state index in [1.807, 2.05) is 19.9 Å². The fraction of sp³-hybridized carbons (Fsp3) is 0.200. The Kier molecular flexibility index (Phi) is 3.22. The lowest BCUT2D eigenvalue weighted by molar-refractivity contribution is 0.0771. The van der Waals surface area contributed by atoms with Crippen molar-refractivity contribution in [3.8, 4) is 5.75 Å². The second kappa shape index (κ2) is 5.21. The number of fused-ring (bicyclic) bond motifs is 2. The Morgan fingerprint density at radius 3 is 2.36 bits per heavy atom. The Morgan fingerprint density at radius 1 is 1.04 bits per heavy atom. The van der Waals surface area contributed by atoms with Crippen molar-refractivity contribution in [1.29, 1.82) is 0 Å². The van der Waals surface area contributed by atoms with E-state index in [4.69, 9.17) is 4.42 Å². The molecule has 1 N–H and O–H groups in total. The number of aromatic hydroxyl groups is 1. The molecular formula is C20H17NO4. The SMILES string of the molecule is Cc1cc2oc3c(c(=O)c2cc1C)[C@H](c1ccc(O)cc1)N(C)C3=O. The fourth-order valence-corrected chi connectivity index (χ4v) is 3.39. The third kappa shape index (κ3) is 2.16. The molecule has 0 spiro atoms. The van der Waals surface area contributed by atoms with Gasteiger partial charge in [0.2, 0.25) is 5.76 Å². The number of phenolic OH excluding ortho intramolecular Hbond substituents is 1. The molecule has 0 fully saturated rings. The maximum Gasteiger partial charge on any atom is 0.290 e. The number of carbonyl (C=O) groups excluding carboxylic acids is 1. The van der Waals surface area contributed by atoms with Gasteiger partial charge >= 0.3 is 0 Å². The van der Waals surface area contributed by atoms with E-state index >= 15 is 0 Å². The minimum absolute atomic E-state index is 0.0985. The zero-order valence-electron chi connectivity index (χ0n) is 14.2. The highest BCUT2D eigenvalue weighted by Gasteiger charge is 2.40. The van der Waals surface area contributed by atoms with Gasteiger partial charge in [-0.1, -0.05) is 12.1 Å². The highest BCUT2D eigenvalue weighted by atomic mass is 16.3. The molecule has 1 aliphatic rings. The van der Waals surface area contributed by atoms with Crippen molar-refractivity contribution in [2.24, 2.45) is 0 Å². The largest absolute Gasteiger partial charge is 0.508 e. The molecule has 2 heterocycles. The predicted octanol–water partition coefficient (Wildman–Crippen LogP) is 3.29. The fourth-order valence-electron chi connectivity index (χ4n) is 3.39. The van der Waals surface area contributed by atoms with Gasteiger partial charge in [-0.15, -0.1) is 0 Å². The molecule has 0 unspecified atom stereocenters. The molecule has 2 aromatic carbocycles. The van der Waals surface area contributed by atoms with E-state index in [2.05, 4.69) is 0 Å². The standard InChI is InChI=1S/C20H17NO4/c1-10-8-14-15(9-11(10)2)25-19-16(18(14)23)17(21(3)20(19)24)12-4-6-13(22)7-5-12/h4-9,17,22H,1-3H3/t17-/m0/s1. The molecule has 1 amide bonds. The lowest BCUT2D eigenvalue weighted by Crippen LogP contribution is -2.25. The van der Waals surface area contributed by atoms with Crippen LogP contribution in [-0.4, -0.2) is 23.0 Å². The number of hydrogen-bond acceptors (Lipinski definition) is 4. The van der Waals surface area contributed by atoms with E-state index in [1.165, 1.54) is 4.90 Å². The molecule has 126 valence electrons. The van der Waals surface area contributed by atoms with Crippen LogP contribution in [0.4, 0.5) is 0 Å². The predicted molar refractivity (Wildman–Crippen MR) is 94.0 cm³/mol. The van der Waals surface area contributed by atoms with Gasteiger partial charge in [-0.05, 0) is 54.8 Å². The van der Waals surface area contributed by atoms with Crippen molar-refractivity contribution in [3.63, 3.8) is 0 Å². The average molecular weight is 335 g/mol. The molecule has 0 saturated heterocycles.